The van der Waals surface area contributed by atoms with Crippen molar-refractivity contribution in [2.75, 3.05) is 17.7 Å². The van der Waals surface area contributed by atoms with Gasteiger partial charge in [-0.2, -0.15) is 5.10 Å². The minimum absolute atomic E-state index is 0.155. The highest BCUT2D eigenvalue weighted by atomic mass is 32.2. The molecule has 7 heteroatoms. The normalized spacial score (nSPS) is 13.6. The lowest BCUT2D eigenvalue weighted by atomic mass is 10.3. The van der Waals surface area contributed by atoms with E-state index in [4.69, 9.17) is 0 Å². The van der Waals surface area contributed by atoms with Gasteiger partial charge in [-0.05, 0) is 32.9 Å². The summed E-state index contributed by atoms with van der Waals surface area (Å²) in [5, 5.41) is 3.90. The zero-order valence-electron chi connectivity index (χ0n) is 13.2. The van der Waals surface area contributed by atoms with Crippen LogP contribution < -0.4 is 4.90 Å². The zero-order chi connectivity index (χ0) is 16.3. The van der Waals surface area contributed by atoms with Crippen LogP contribution >= 0.6 is 0 Å². The molecule has 0 N–H and O–H groups in total. The molecule has 1 amide bonds. The number of hydrogen-bond donors (Lipinski definition) is 0. The van der Waals surface area contributed by atoms with Crippen molar-refractivity contribution in [3.63, 3.8) is 0 Å². The molecule has 0 radical (unpaired) electrons. The Morgan fingerprint density at radius 3 is 2.77 bits per heavy atom. The second-order valence-electron chi connectivity index (χ2n) is 4.98. The van der Waals surface area contributed by atoms with E-state index < -0.39 is 16.0 Å². The summed E-state index contributed by atoms with van der Waals surface area (Å²) in [6.45, 7) is 5.93. The number of amides is 1. The summed E-state index contributed by atoms with van der Waals surface area (Å²) in [4.78, 5) is 18.2. The molecule has 2 unspecified atom stereocenters. The Morgan fingerprint density at radius 2 is 2.23 bits per heavy atom. The second-order valence-corrected chi connectivity index (χ2v) is 6.68. The van der Waals surface area contributed by atoms with Crippen LogP contribution in [-0.4, -0.2) is 42.9 Å². The average molecular weight is 320 g/mol. The van der Waals surface area contributed by atoms with Crippen molar-refractivity contribution in [1.29, 1.82) is 0 Å². The van der Waals surface area contributed by atoms with E-state index >= 15 is 0 Å². The van der Waals surface area contributed by atoms with Gasteiger partial charge in [-0.25, -0.2) is 4.68 Å². The topological polar surface area (TPSA) is 68.1 Å². The Morgan fingerprint density at radius 1 is 1.50 bits per heavy atom. The number of hydrogen-bond acceptors (Lipinski definition) is 4. The fourth-order valence-corrected chi connectivity index (χ4v) is 2.56. The lowest BCUT2D eigenvalue weighted by Crippen LogP contribution is -2.39. The molecule has 2 atom stereocenters. The number of nitrogens with zero attached hydrogens (tertiary/aromatic N) is 4. The van der Waals surface area contributed by atoms with Gasteiger partial charge < -0.3 is 4.90 Å². The van der Waals surface area contributed by atoms with Crippen molar-refractivity contribution in [3.8, 4) is 5.69 Å². The highest BCUT2D eigenvalue weighted by molar-refractivity contribution is 7.85. The Bertz CT molecular complexity index is 684. The summed E-state index contributed by atoms with van der Waals surface area (Å²) in [5.41, 5.74) is 2.30. The van der Waals surface area contributed by atoms with E-state index in [1.54, 1.807) is 41.4 Å². The Balaban J connectivity index is 2.37. The number of rotatable bonds is 5. The second kappa shape index (κ2) is 6.83. The molecule has 0 aromatic carbocycles. The van der Waals surface area contributed by atoms with Crippen molar-refractivity contribution < 1.29 is 9.00 Å². The van der Waals surface area contributed by atoms with Gasteiger partial charge in [0.2, 0.25) is 5.91 Å². The minimum atomic E-state index is -1.20. The molecule has 0 aliphatic heterocycles. The zero-order valence-corrected chi connectivity index (χ0v) is 14.0. The molecule has 2 rings (SSSR count). The van der Waals surface area contributed by atoms with Crippen LogP contribution in [-0.2, 0) is 15.6 Å². The summed E-state index contributed by atoms with van der Waals surface area (Å²) in [6.07, 6.45) is 6.75. The maximum absolute atomic E-state index is 12.5. The fraction of sp³-hybridized carbons (Fsp3) is 0.400. The number of aryl methyl sites for hydroxylation is 1. The molecule has 6 nitrogen and oxygen atoms in total. The third-order valence-corrected chi connectivity index (χ3v) is 4.70. The SMILES string of the molecule is CCN(C(=O)C(C)S(C)=O)c1cn(-c2cccnc2)nc1C. The average Bonchev–Trinajstić information content (AvgIpc) is 2.90. The third-order valence-electron chi connectivity index (χ3n) is 3.50. The lowest BCUT2D eigenvalue weighted by Gasteiger charge is -2.22. The van der Waals surface area contributed by atoms with Crippen LogP contribution in [0.15, 0.2) is 30.7 Å². The molecule has 0 bridgehead atoms. The Hall–Kier alpha value is -2.02. The fourth-order valence-electron chi connectivity index (χ4n) is 2.14. The van der Waals surface area contributed by atoms with Crippen molar-refractivity contribution in [2.24, 2.45) is 0 Å². The molecule has 0 aliphatic carbocycles. The van der Waals surface area contributed by atoms with Gasteiger partial charge in [-0.1, -0.05) is 0 Å². The van der Waals surface area contributed by atoms with Gasteiger partial charge in [0.1, 0.15) is 5.25 Å². The molecule has 22 heavy (non-hydrogen) atoms. The molecule has 0 saturated heterocycles. The van der Waals surface area contributed by atoms with Crippen molar-refractivity contribution in [1.82, 2.24) is 14.8 Å². The molecule has 0 fully saturated rings. The van der Waals surface area contributed by atoms with Crippen LogP contribution in [0.1, 0.15) is 19.5 Å². The minimum Gasteiger partial charge on any atom is -0.309 e. The molecule has 2 heterocycles. The van der Waals surface area contributed by atoms with Crippen LogP contribution in [0.3, 0.4) is 0 Å². The van der Waals surface area contributed by atoms with Gasteiger partial charge in [0.15, 0.2) is 0 Å². The predicted molar refractivity (Wildman–Crippen MR) is 87.7 cm³/mol. The molecule has 0 saturated carbocycles. The summed E-state index contributed by atoms with van der Waals surface area (Å²) < 4.78 is 13.3. The number of carbonyl (C=O) groups excluding carboxylic acids is 1. The maximum atomic E-state index is 12.5. The summed E-state index contributed by atoms with van der Waals surface area (Å²) in [7, 11) is -1.20. The quantitative estimate of drug-likeness (QED) is 0.841. The van der Waals surface area contributed by atoms with Crippen molar-refractivity contribution >= 4 is 22.4 Å². The number of pyridine rings is 1. The van der Waals surface area contributed by atoms with Gasteiger partial charge in [0.05, 0.1) is 29.5 Å². The number of anilines is 1. The third kappa shape index (κ3) is 3.24. The van der Waals surface area contributed by atoms with E-state index in [0.29, 0.717) is 6.54 Å². The first-order valence-corrected chi connectivity index (χ1v) is 8.68. The molecular weight excluding hydrogens is 300 g/mol. The van der Waals surface area contributed by atoms with Crippen LogP contribution in [0, 0.1) is 6.92 Å². The molecular formula is C15H20N4O2S. The summed E-state index contributed by atoms with van der Waals surface area (Å²) in [5.74, 6) is -0.155. The van der Waals surface area contributed by atoms with Crippen molar-refractivity contribution in [3.05, 3.63) is 36.4 Å². The number of carbonyl (C=O) groups is 1. The Labute approximate surface area is 132 Å². The molecule has 2 aromatic heterocycles. The first-order valence-electron chi connectivity index (χ1n) is 7.06. The Kier molecular flexibility index (Phi) is 5.07. The van der Waals surface area contributed by atoms with E-state index in [1.807, 2.05) is 26.0 Å². The largest absolute Gasteiger partial charge is 0.309 e. The smallest absolute Gasteiger partial charge is 0.242 e. The lowest BCUT2D eigenvalue weighted by molar-refractivity contribution is -0.117. The van der Waals surface area contributed by atoms with Crippen LogP contribution in [0.4, 0.5) is 5.69 Å². The van der Waals surface area contributed by atoms with E-state index in [0.717, 1.165) is 17.1 Å². The van der Waals surface area contributed by atoms with Crippen LogP contribution in [0.25, 0.3) is 5.69 Å². The van der Waals surface area contributed by atoms with E-state index in [9.17, 15) is 9.00 Å². The molecule has 0 spiro atoms. The first-order chi connectivity index (χ1) is 10.5. The first kappa shape index (κ1) is 16.4. The van der Waals surface area contributed by atoms with E-state index in [2.05, 4.69) is 10.1 Å². The molecule has 118 valence electrons. The van der Waals surface area contributed by atoms with Crippen LogP contribution in [0.5, 0.6) is 0 Å². The molecule has 0 aliphatic rings. The summed E-state index contributed by atoms with van der Waals surface area (Å²) in [6, 6.07) is 3.72. The van der Waals surface area contributed by atoms with Gasteiger partial charge in [-0.15, -0.1) is 0 Å². The van der Waals surface area contributed by atoms with E-state index in [1.165, 1.54) is 0 Å². The highest BCUT2D eigenvalue weighted by Gasteiger charge is 2.25. The number of aromatic nitrogens is 3. The van der Waals surface area contributed by atoms with E-state index in [-0.39, 0.29) is 5.91 Å². The maximum Gasteiger partial charge on any atom is 0.242 e. The monoisotopic (exact) mass is 320 g/mol. The van der Waals surface area contributed by atoms with Crippen LogP contribution in [0.2, 0.25) is 0 Å². The molecule has 2 aromatic rings. The van der Waals surface area contributed by atoms with Gasteiger partial charge in [0.25, 0.3) is 0 Å². The standard InChI is InChI=1S/C15H20N4O2S/c1-5-18(15(20)12(3)22(4)21)14-10-19(17-11(14)2)13-7-6-8-16-9-13/h6-10,12H,5H2,1-4H3. The predicted octanol–water partition coefficient (Wildman–Crippen LogP) is 1.70. The van der Waals surface area contributed by atoms with Gasteiger partial charge in [0, 0.05) is 29.8 Å². The highest BCUT2D eigenvalue weighted by Crippen LogP contribution is 2.22. The van der Waals surface area contributed by atoms with Gasteiger partial charge in [-0.3, -0.25) is 14.0 Å². The van der Waals surface area contributed by atoms with Crippen molar-refractivity contribution in [2.45, 2.75) is 26.0 Å². The van der Waals surface area contributed by atoms with Gasteiger partial charge >= 0.3 is 0 Å². The summed E-state index contributed by atoms with van der Waals surface area (Å²) >= 11 is 0.